The van der Waals surface area contributed by atoms with E-state index >= 15 is 0 Å². The molecule has 0 spiro atoms. The zero-order valence-corrected chi connectivity index (χ0v) is 11.7. The second-order valence-electron chi connectivity index (χ2n) is 4.88. The summed E-state index contributed by atoms with van der Waals surface area (Å²) in [5.41, 5.74) is 3.11. The maximum absolute atomic E-state index is 3.74. The largest absolute Gasteiger partial charge is 0.310 e. The Morgan fingerprint density at radius 3 is 2.94 bits per heavy atom. The van der Waals surface area contributed by atoms with Crippen molar-refractivity contribution >= 4 is 11.8 Å². The summed E-state index contributed by atoms with van der Waals surface area (Å²) in [5, 5.41) is 3.74. The molecule has 2 heteroatoms. The molecule has 1 N–H and O–H groups in total. The molecule has 1 aromatic carbocycles. The number of rotatable bonds is 6. The minimum Gasteiger partial charge on any atom is -0.310 e. The molecule has 0 fully saturated rings. The highest BCUT2D eigenvalue weighted by atomic mass is 32.2. The number of fused-ring (bicyclic) bond motifs is 1. The summed E-state index contributed by atoms with van der Waals surface area (Å²) in [4.78, 5) is 0. The Morgan fingerprint density at radius 1 is 1.35 bits per heavy atom. The van der Waals surface area contributed by atoms with E-state index in [9.17, 15) is 0 Å². The second-order valence-corrected chi connectivity index (χ2v) is 5.86. The SMILES string of the molecule is CCCNC1c2ccccc2CC1CCSC. The van der Waals surface area contributed by atoms with Gasteiger partial charge in [0, 0.05) is 6.04 Å². The highest BCUT2D eigenvalue weighted by Gasteiger charge is 2.30. The van der Waals surface area contributed by atoms with Gasteiger partial charge in [-0.25, -0.2) is 0 Å². The molecule has 1 aliphatic rings. The summed E-state index contributed by atoms with van der Waals surface area (Å²) >= 11 is 1.97. The molecule has 2 rings (SSSR count). The molecule has 1 aliphatic carbocycles. The second kappa shape index (κ2) is 6.46. The van der Waals surface area contributed by atoms with Gasteiger partial charge in [-0.1, -0.05) is 31.2 Å². The fraction of sp³-hybridized carbons (Fsp3) is 0.600. The molecule has 0 radical (unpaired) electrons. The van der Waals surface area contributed by atoms with E-state index < -0.39 is 0 Å². The monoisotopic (exact) mass is 249 g/mol. The van der Waals surface area contributed by atoms with Crippen LogP contribution in [0.2, 0.25) is 0 Å². The van der Waals surface area contributed by atoms with E-state index in [0.29, 0.717) is 6.04 Å². The van der Waals surface area contributed by atoms with Crippen molar-refractivity contribution in [3.8, 4) is 0 Å². The molecule has 0 aromatic heterocycles. The van der Waals surface area contributed by atoms with Gasteiger partial charge in [0.15, 0.2) is 0 Å². The van der Waals surface area contributed by atoms with Crippen molar-refractivity contribution in [1.29, 1.82) is 0 Å². The van der Waals surface area contributed by atoms with Gasteiger partial charge in [0.05, 0.1) is 0 Å². The number of hydrogen-bond donors (Lipinski definition) is 1. The van der Waals surface area contributed by atoms with Crippen LogP contribution in [-0.2, 0) is 6.42 Å². The van der Waals surface area contributed by atoms with Crippen LogP contribution in [0, 0.1) is 5.92 Å². The van der Waals surface area contributed by atoms with E-state index in [1.807, 2.05) is 11.8 Å². The standard InChI is InChI=1S/C15H23NS/c1-3-9-16-15-13(8-10-17-2)11-12-6-4-5-7-14(12)15/h4-7,13,15-16H,3,8-11H2,1-2H3. The van der Waals surface area contributed by atoms with Crippen LogP contribution < -0.4 is 5.32 Å². The van der Waals surface area contributed by atoms with E-state index in [1.54, 1.807) is 11.1 Å². The molecule has 1 aromatic rings. The average Bonchev–Trinajstić information content (AvgIpc) is 2.71. The molecular weight excluding hydrogens is 226 g/mol. The van der Waals surface area contributed by atoms with Crippen LogP contribution in [0.25, 0.3) is 0 Å². The number of benzene rings is 1. The van der Waals surface area contributed by atoms with Gasteiger partial charge in [-0.05, 0) is 54.9 Å². The topological polar surface area (TPSA) is 12.0 Å². The molecule has 2 unspecified atom stereocenters. The number of hydrogen-bond acceptors (Lipinski definition) is 2. The zero-order chi connectivity index (χ0) is 12.1. The maximum atomic E-state index is 3.74. The zero-order valence-electron chi connectivity index (χ0n) is 10.9. The van der Waals surface area contributed by atoms with Crippen LogP contribution in [0.5, 0.6) is 0 Å². The Hall–Kier alpha value is -0.470. The van der Waals surface area contributed by atoms with Gasteiger partial charge in [-0.2, -0.15) is 11.8 Å². The highest BCUT2D eigenvalue weighted by Crippen LogP contribution is 2.38. The molecule has 0 saturated heterocycles. The van der Waals surface area contributed by atoms with Crippen molar-refractivity contribution in [2.24, 2.45) is 5.92 Å². The number of thioether (sulfide) groups is 1. The first-order valence-electron chi connectivity index (χ1n) is 6.67. The summed E-state index contributed by atoms with van der Waals surface area (Å²) < 4.78 is 0. The van der Waals surface area contributed by atoms with Crippen molar-refractivity contribution in [2.45, 2.75) is 32.2 Å². The van der Waals surface area contributed by atoms with Crippen molar-refractivity contribution in [1.82, 2.24) is 5.32 Å². The summed E-state index contributed by atoms with van der Waals surface area (Å²) in [6.07, 6.45) is 6.01. The molecule has 0 saturated carbocycles. The Balaban J connectivity index is 2.09. The minimum atomic E-state index is 0.596. The normalized spacial score (nSPS) is 22.7. The number of nitrogens with one attached hydrogen (secondary N) is 1. The van der Waals surface area contributed by atoms with Crippen LogP contribution in [0.1, 0.15) is 36.9 Å². The van der Waals surface area contributed by atoms with Crippen molar-refractivity contribution in [2.75, 3.05) is 18.6 Å². The summed E-state index contributed by atoms with van der Waals surface area (Å²) in [7, 11) is 0. The highest BCUT2D eigenvalue weighted by molar-refractivity contribution is 7.98. The third-order valence-electron chi connectivity index (χ3n) is 3.65. The molecule has 0 aliphatic heterocycles. The van der Waals surface area contributed by atoms with Crippen LogP contribution >= 0.6 is 11.8 Å². The van der Waals surface area contributed by atoms with Crippen LogP contribution in [-0.4, -0.2) is 18.6 Å². The van der Waals surface area contributed by atoms with E-state index in [1.165, 1.54) is 25.0 Å². The van der Waals surface area contributed by atoms with Gasteiger partial charge >= 0.3 is 0 Å². The summed E-state index contributed by atoms with van der Waals surface area (Å²) in [5.74, 6) is 2.08. The lowest BCUT2D eigenvalue weighted by Crippen LogP contribution is -2.26. The molecule has 0 amide bonds. The van der Waals surface area contributed by atoms with E-state index in [2.05, 4.69) is 42.8 Å². The molecule has 0 heterocycles. The van der Waals surface area contributed by atoms with Crippen molar-refractivity contribution in [3.63, 3.8) is 0 Å². The minimum absolute atomic E-state index is 0.596. The predicted molar refractivity (Wildman–Crippen MR) is 77.7 cm³/mol. The fourth-order valence-electron chi connectivity index (χ4n) is 2.79. The molecule has 1 nitrogen and oxygen atoms in total. The van der Waals surface area contributed by atoms with E-state index in [-0.39, 0.29) is 0 Å². The predicted octanol–water partition coefficient (Wildman–Crippen LogP) is 3.65. The molecule has 0 bridgehead atoms. The van der Waals surface area contributed by atoms with Gasteiger partial charge < -0.3 is 5.32 Å². The average molecular weight is 249 g/mol. The van der Waals surface area contributed by atoms with Gasteiger partial charge in [-0.3, -0.25) is 0 Å². The molecule has 17 heavy (non-hydrogen) atoms. The lowest BCUT2D eigenvalue weighted by Gasteiger charge is -2.21. The lowest BCUT2D eigenvalue weighted by atomic mass is 9.98. The smallest absolute Gasteiger partial charge is 0.0354 e. The van der Waals surface area contributed by atoms with Gasteiger partial charge in [0.2, 0.25) is 0 Å². The molecular formula is C15H23NS. The Morgan fingerprint density at radius 2 is 2.18 bits per heavy atom. The lowest BCUT2D eigenvalue weighted by molar-refractivity contribution is 0.381. The van der Waals surface area contributed by atoms with E-state index in [4.69, 9.17) is 0 Å². The first-order valence-corrected chi connectivity index (χ1v) is 8.06. The first kappa shape index (κ1) is 13.0. The van der Waals surface area contributed by atoms with Crippen molar-refractivity contribution < 1.29 is 0 Å². The first-order chi connectivity index (χ1) is 8.36. The van der Waals surface area contributed by atoms with Gasteiger partial charge in [0.1, 0.15) is 0 Å². The Kier molecular flexibility index (Phi) is 4.93. The maximum Gasteiger partial charge on any atom is 0.0354 e. The fourth-order valence-corrected chi connectivity index (χ4v) is 3.33. The van der Waals surface area contributed by atoms with Crippen LogP contribution in [0.4, 0.5) is 0 Å². The summed E-state index contributed by atoms with van der Waals surface area (Å²) in [6.45, 7) is 3.37. The Bertz CT molecular complexity index is 351. The third kappa shape index (κ3) is 3.05. The van der Waals surface area contributed by atoms with Crippen LogP contribution in [0.15, 0.2) is 24.3 Å². The van der Waals surface area contributed by atoms with Gasteiger partial charge in [-0.15, -0.1) is 0 Å². The Labute approximate surface area is 109 Å². The quantitative estimate of drug-likeness (QED) is 0.826. The molecule has 2 atom stereocenters. The van der Waals surface area contributed by atoms with Crippen molar-refractivity contribution in [3.05, 3.63) is 35.4 Å². The van der Waals surface area contributed by atoms with E-state index in [0.717, 1.165) is 12.5 Å². The van der Waals surface area contributed by atoms with Crippen LogP contribution in [0.3, 0.4) is 0 Å². The van der Waals surface area contributed by atoms with Gasteiger partial charge in [0.25, 0.3) is 0 Å². The molecule has 94 valence electrons. The summed E-state index contributed by atoms with van der Waals surface area (Å²) in [6, 6.07) is 9.55. The third-order valence-corrected chi connectivity index (χ3v) is 4.29.